The second kappa shape index (κ2) is 9.31. The maximum atomic E-state index is 13.6. The van der Waals surface area contributed by atoms with Crippen molar-refractivity contribution in [3.63, 3.8) is 0 Å². The molecule has 0 bridgehead atoms. The first-order chi connectivity index (χ1) is 16.7. The standard InChI is InChI=1S/C28H30N4O2/c1-29-27(34)31-19-17-30(18-20-31)26(33)25-21-32(25)28(22-11-5-2-6-12-22,23-13-7-3-8-14-23)24-15-9-4-10-16-24/h2-16,25H,17-21H2,1H3,(H,29,34). The van der Waals surface area contributed by atoms with E-state index in [1.807, 2.05) is 23.1 Å². The Bertz CT molecular complexity index is 1030. The summed E-state index contributed by atoms with van der Waals surface area (Å²) < 4.78 is 0. The highest BCUT2D eigenvalue weighted by molar-refractivity contribution is 5.86. The van der Waals surface area contributed by atoms with Crippen molar-refractivity contribution in [3.8, 4) is 0 Å². The van der Waals surface area contributed by atoms with Gasteiger partial charge in [-0.3, -0.25) is 9.69 Å². The molecule has 2 aliphatic rings. The number of nitrogens with one attached hydrogen (secondary N) is 1. The van der Waals surface area contributed by atoms with Crippen LogP contribution in [0.15, 0.2) is 91.0 Å². The predicted molar refractivity (Wildman–Crippen MR) is 132 cm³/mol. The second-order valence-corrected chi connectivity index (χ2v) is 8.84. The Morgan fingerprint density at radius 2 is 1.12 bits per heavy atom. The van der Waals surface area contributed by atoms with Gasteiger partial charge in [0.15, 0.2) is 0 Å². The van der Waals surface area contributed by atoms with E-state index in [9.17, 15) is 9.59 Å². The van der Waals surface area contributed by atoms with E-state index in [1.54, 1.807) is 11.9 Å². The first-order valence-corrected chi connectivity index (χ1v) is 11.8. The van der Waals surface area contributed by atoms with Gasteiger partial charge in [-0.25, -0.2) is 4.79 Å². The zero-order valence-electron chi connectivity index (χ0n) is 19.4. The lowest BCUT2D eigenvalue weighted by Crippen LogP contribution is -2.54. The largest absolute Gasteiger partial charge is 0.341 e. The van der Waals surface area contributed by atoms with Gasteiger partial charge in [0, 0.05) is 39.8 Å². The van der Waals surface area contributed by atoms with Crippen LogP contribution in [0.4, 0.5) is 4.79 Å². The van der Waals surface area contributed by atoms with Crippen LogP contribution >= 0.6 is 0 Å². The zero-order chi connectivity index (χ0) is 23.5. The molecule has 6 nitrogen and oxygen atoms in total. The fourth-order valence-corrected chi connectivity index (χ4v) is 5.26. The highest BCUT2D eigenvalue weighted by atomic mass is 16.2. The van der Waals surface area contributed by atoms with Crippen LogP contribution in [0.3, 0.4) is 0 Å². The number of hydrogen-bond acceptors (Lipinski definition) is 3. The van der Waals surface area contributed by atoms with Crippen molar-refractivity contribution in [3.05, 3.63) is 108 Å². The molecule has 3 aromatic carbocycles. The molecule has 0 spiro atoms. The van der Waals surface area contributed by atoms with Crippen molar-refractivity contribution in [2.24, 2.45) is 0 Å². The van der Waals surface area contributed by atoms with E-state index in [-0.39, 0.29) is 18.0 Å². The number of carbonyl (C=O) groups excluding carboxylic acids is 2. The van der Waals surface area contributed by atoms with Crippen LogP contribution in [0.1, 0.15) is 16.7 Å². The molecule has 2 saturated heterocycles. The lowest BCUT2D eigenvalue weighted by molar-refractivity contribution is -0.133. The molecular formula is C28H30N4O2. The molecule has 0 saturated carbocycles. The van der Waals surface area contributed by atoms with Crippen LogP contribution < -0.4 is 5.32 Å². The Morgan fingerprint density at radius 1 is 0.706 bits per heavy atom. The minimum absolute atomic E-state index is 0.0867. The Kier molecular flexibility index (Phi) is 6.07. The van der Waals surface area contributed by atoms with E-state index in [2.05, 4.69) is 83.0 Å². The highest BCUT2D eigenvalue weighted by Crippen LogP contribution is 2.48. The van der Waals surface area contributed by atoms with Crippen LogP contribution in [0.5, 0.6) is 0 Å². The summed E-state index contributed by atoms with van der Waals surface area (Å²) in [5.41, 5.74) is 2.88. The van der Waals surface area contributed by atoms with Gasteiger partial charge in [-0.15, -0.1) is 0 Å². The predicted octanol–water partition coefficient (Wildman–Crippen LogP) is 3.15. The minimum Gasteiger partial charge on any atom is -0.341 e. The average molecular weight is 455 g/mol. The van der Waals surface area contributed by atoms with Crippen molar-refractivity contribution in [2.45, 2.75) is 11.6 Å². The van der Waals surface area contributed by atoms with Crippen LogP contribution in [0, 0.1) is 0 Å². The van der Waals surface area contributed by atoms with E-state index >= 15 is 0 Å². The summed E-state index contributed by atoms with van der Waals surface area (Å²) in [6, 6.07) is 31.1. The molecular weight excluding hydrogens is 424 g/mol. The highest BCUT2D eigenvalue weighted by Gasteiger charge is 2.56. The number of carbonyl (C=O) groups is 2. The van der Waals surface area contributed by atoms with Crippen molar-refractivity contribution >= 4 is 11.9 Å². The first kappa shape index (κ1) is 22.2. The van der Waals surface area contributed by atoms with Gasteiger partial charge in [-0.2, -0.15) is 0 Å². The molecule has 0 aliphatic carbocycles. The second-order valence-electron chi connectivity index (χ2n) is 8.84. The Balaban J connectivity index is 1.50. The quantitative estimate of drug-likeness (QED) is 0.476. The van der Waals surface area contributed by atoms with Crippen molar-refractivity contribution < 1.29 is 9.59 Å². The van der Waals surface area contributed by atoms with Gasteiger partial charge in [-0.05, 0) is 16.7 Å². The third-order valence-corrected chi connectivity index (χ3v) is 7.00. The van der Waals surface area contributed by atoms with Gasteiger partial charge in [-0.1, -0.05) is 91.0 Å². The third-order valence-electron chi connectivity index (χ3n) is 7.00. The number of piperazine rings is 1. The zero-order valence-corrected chi connectivity index (χ0v) is 19.4. The Labute approximate surface area is 200 Å². The van der Waals surface area contributed by atoms with Crippen LogP contribution in [-0.2, 0) is 10.3 Å². The summed E-state index contributed by atoms with van der Waals surface area (Å²) in [7, 11) is 1.64. The van der Waals surface area contributed by atoms with Gasteiger partial charge >= 0.3 is 6.03 Å². The van der Waals surface area contributed by atoms with Gasteiger partial charge < -0.3 is 15.1 Å². The fourth-order valence-electron chi connectivity index (χ4n) is 5.26. The first-order valence-electron chi connectivity index (χ1n) is 11.8. The van der Waals surface area contributed by atoms with Crippen molar-refractivity contribution in [1.29, 1.82) is 0 Å². The lowest BCUT2D eigenvalue weighted by Gasteiger charge is -2.39. The summed E-state index contributed by atoms with van der Waals surface area (Å²) in [6.07, 6.45) is 0. The molecule has 3 amide bonds. The number of nitrogens with zero attached hydrogens (tertiary/aromatic N) is 3. The number of urea groups is 1. The van der Waals surface area contributed by atoms with E-state index in [0.717, 1.165) is 16.7 Å². The summed E-state index contributed by atoms with van der Waals surface area (Å²) in [4.78, 5) is 31.6. The van der Waals surface area contributed by atoms with Crippen molar-refractivity contribution in [2.75, 3.05) is 39.8 Å². The van der Waals surface area contributed by atoms with Crippen molar-refractivity contribution in [1.82, 2.24) is 20.0 Å². The number of rotatable bonds is 5. The smallest absolute Gasteiger partial charge is 0.317 e. The Morgan fingerprint density at radius 3 is 1.53 bits per heavy atom. The summed E-state index contributed by atoms with van der Waals surface area (Å²) in [6.45, 7) is 2.92. The topological polar surface area (TPSA) is 55.7 Å². The van der Waals surface area contributed by atoms with E-state index in [4.69, 9.17) is 0 Å². The molecule has 2 aliphatic heterocycles. The van der Waals surface area contributed by atoms with E-state index in [0.29, 0.717) is 32.7 Å². The summed E-state index contributed by atoms with van der Waals surface area (Å²) >= 11 is 0. The SMILES string of the molecule is CNC(=O)N1CCN(C(=O)C2CN2C(c2ccccc2)(c2ccccc2)c2ccccc2)CC1. The van der Waals surface area contributed by atoms with Gasteiger partial charge in [0.1, 0.15) is 6.04 Å². The molecule has 6 heteroatoms. The number of hydrogen-bond donors (Lipinski definition) is 1. The molecule has 2 unspecified atom stereocenters. The van der Waals surface area contributed by atoms with Crippen LogP contribution in [0.2, 0.25) is 0 Å². The third kappa shape index (κ3) is 3.84. The minimum atomic E-state index is -0.561. The molecule has 2 fully saturated rings. The molecule has 174 valence electrons. The number of benzene rings is 3. The van der Waals surface area contributed by atoms with Gasteiger partial charge in [0.05, 0.1) is 5.54 Å². The maximum absolute atomic E-state index is 13.6. The Hall–Kier alpha value is -3.64. The normalized spacial score (nSPS) is 20.0. The van der Waals surface area contributed by atoms with E-state index in [1.165, 1.54) is 0 Å². The monoisotopic (exact) mass is 454 g/mol. The molecule has 0 aromatic heterocycles. The molecule has 5 rings (SSSR count). The molecule has 2 heterocycles. The molecule has 3 aromatic rings. The summed E-state index contributed by atoms with van der Waals surface area (Å²) in [5, 5.41) is 2.67. The lowest BCUT2D eigenvalue weighted by atomic mass is 9.76. The molecule has 2 atom stereocenters. The summed E-state index contributed by atoms with van der Waals surface area (Å²) in [5.74, 6) is 0.142. The number of amides is 3. The van der Waals surface area contributed by atoms with Crippen LogP contribution in [-0.4, -0.2) is 72.5 Å². The average Bonchev–Trinajstić information content (AvgIpc) is 3.71. The molecule has 34 heavy (non-hydrogen) atoms. The van der Waals surface area contributed by atoms with Gasteiger partial charge in [0.25, 0.3) is 0 Å². The molecule has 1 N–H and O–H groups in total. The maximum Gasteiger partial charge on any atom is 0.317 e. The van der Waals surface area contributed by atoms with Gasteiger partial charge in [0.2, 0.25) is 5.91 Å². The van der Waals surface area contributed by atoms with E-state index < -0.39 is 5.54 Å². The molecule has 0 radical (unpaired) electrons. The fraction of sp³-hybridized carbons (Fsp3) is 0.286. The van der Waals surface area contributed by atoms with Crippen LogP contribution in [0.25, 0.3) is 0 Å².